The number of benzene rings is 1. The van der Waals surface area contributed by atoms with E-state index < -0.39 is 17.0 Å². The average Bonchev–Trinajstić information content (AvgIpc) is 3.29. The Kier molecular flexibility index (Phi) is 5.79. The molecule has 1 aliphatic rings. The molecule has 4 heterocycles. The fourth-order valence-electron chi connectivity index (χ4n) is 4.29. The molecule has 36 heavy (non-hydrogen) atoms. The van der Waals surface area contributed by atoms with E-state index >= 15 is 0 Å². The molecule has 0 saturated carbocycles. The zero-order chi connectivity index (χ0) is 25.6. The molecule has 5 rings (SSSR count). The van der Waals surface area contributed by atoms with Crippen LogP contribution in [0.15, 0.2) is 36.5 Å². The van der Waals surface area contributed by atoms with Crippen LogP contribution in [0.4, 0.5) is 20.4 Å². The van der Waals surface area contributed by atoms with Crippen molar-refractivity contribution in [2.24, 2.45) is 0 Å². The summed E-state index contributed by atoms with van der Waals surface area (Å²) in [6.45, 7) is 5.15. The van der Waals surface area contributed by atoms with E-state index in [1.54, 1.807) is 43.5 Å². The SMILES string of the molecule is Cc1nc2c(OCc3c(F)cccc3F)cccn2c1-c1nc(NCCO)c2c(n1)NC(=O)C2(C)C. The number of carbonyl (C=O) groups is 1. The summed E-state index contributed by atoms with van der Waals surface area (Å²) in [6, 6.07) is 7.02. The molecular weight excluding hydrogens is 470 g/mol. The summed E-state index contributed by atoms with van der Waals surface area (Å²) in [4.78, 5) is 26.5. The number of hydrogen-bond acceptors (Lipinski definition) is 7. The molecule has 1 amide bonds. The van der Waals surface area contributed by atoms with Crippen LogP contribution >= 0.6 is 0 Å². The van der Waals surface area contributed by atoms with E-state index in [0.717, 1.165) is 0 Å². The minimum Gasteiger partial charge on any atom is -0.485 e. The maximum atomic E-state index is 14.1. The Morgan fingerprint density at radius 2 is 1.89 bits per heavy atom. The molecule has 3 aromatic heterocycles. The molecule has 0 saturated heterocycles. The van der Waals surface area contributed by atoms with Gasteiger partial charge in [0.2, 0.25) is 5.91 Å². The van der Waals surface area contributed by atoms with Gasteiger partial charge in [-0.15, -0.1) is 0 Å². The van der Waals surface area contributed by atoms with Gasteiger partial charge < -0.3 is 20.5 Å². The quantitative estimate of drug-likeness (QED) is 0.360. The fraction of sp³-hybridized carbons (Fsp3) is 0.280. The van der Waals surface area contributed by atoms with Gasteiger partial charge >= 0.3 is 0 Å². The minimum absolute atomic E-state index is 0.117. The van der Waals surface area contributed by atoms with E-state index in [4.69, 9.17) is 4.74 Å². The number of aryl methyl sites for hydroxylation is 1. The van der Waals surface area contributed by atoms with E-state index in [1.165, 1.54) is 18.2 Å². The number of anilines is 2. The van der Waals surface area contributed by atoms with Gasteiger partial charge in [-0.05, 0) is 45.0 Å². The van der Waals surface area contributed by atoms with Crippen LogP contribution in [0, 0.1) is 18.6 Å². The summed E-state index contributed by atoms with van der Waals surface area (Å²) in [7, 11) is 0. The maximum Gasteiger partial charge on any atom is 0.235 e. The summed E-state index contributed by atoms with van der Waals surface area (Å²) >= 11 is 0. The number of fused-ring (bicyclic) bond motifs is 2. The second-order valence-corrected chi connectivity index (χ2v) is 8.95. The van der Waals surface area contributed by atoms with Gasteiger partial charge in [0, 0.05) is 12.7 Å². The molecule has 0 fully saturated rings. The first-order valence-electron chi connectivity index (χ1n) is 11.3. The largest absolute Gasteiger partial charge is 0.485 e. The van der Waals surface area contributed by atoms with Crippen molar-refractivity contribution in [2.75, 3.05) is 23.8 Å². The van der Waals surface area contributed by atoms with Crippen LogP contribution in [-0.4, -0.2) is 43.5 Å². The standard InChI is InChI=1S/C25H24F2N6O3/c1-13-19(22-30-20(28-9-11-34)18-21(31-22)32-24(35)25(18,2)3)33-10-5-8-17(23(33)29-13)36-12-14-15(26)6-4-7-16(14)27/h4-8,10,34H,9,11-12H2,1-3H3,(H2,28,30,31,32,35). The van der Waals surface area contributed by atoms with Crippen molar-refractivity contribution in [2.45, 2.75) is 32.8 Å². The van der Waals surface area contributed by atoms with Gasteiger partial charge in [0.25, 0.3) is 0 Å². The van der Waals surface area contributed by atoms with Gasteiger partial charge in [-0.1, -0.05) is 6.07 Å². The van der Waals surface area contributed by atoms with Crippen LogP contribution in [0.5, 0.6) is 5.75 Å². The Morgan fingerprint density at radius 1 is 1.14 bits per heavy atom. The second-order valence-electron chi connectivity index (χ2n) is 8.95. The van der Waals surface area contributed by atoms with Crippen molar-refractivity contribution >= 4 is 23.2 Å². The highest BCUT2D eigenvalue weighted by Gasteiger charge is 2.43. The lowest BCUT2D eigenvalue weighted by atomic mass is 9.87. The second kappa shape index (κ2) is 8.83. The molecule has 0 unspecified atom stereocenters. The summed E-state index contributed by atoms with van der Waals surface area (Å²) in [5, 5.41) is 15.2. The van der Waals surface area contributed by atoms with Crippen molar-refractivity contribution in [3.8, 4) is 17.3 Å². The number of aliphatic hydroxyl groups is 1. The molecule has 0 bridgehead atoms. The first-order chi connectivity index (χ1) is 17.2. The van der Waals surface area contributed by atoms with Gasteiger partial charge in [-0.2, -0.15) is 0 Å². The van der Waals surface area contributed by atoms with E-state index in [9.17, 15) is 18.7 Å². The summed E-state index contributed by atoms with van der Waals surface area (Å²) in [5.41, 5.74) is 1.14. The molecule has 0 aliphatic carbocycles. The Morgan fingerprint density at radius 3 is 2.61 bits per heavy atom. The number of pyridine rings is 1. The van der Waals surface area contributed by atoms with Crippen molar-refractivity contribution in [1.29, 1.82) is 0 Å². The van der Waals surface area contributed by atoms with Gasteiger partial charge in [-0.25, -0.2) is 23.7 Å². The Bertz CT molecular complexity index is 1480. The highest BCUT2D eigenvalue weighted by molar-refractivity contribution is 6.06. The number of aromatic nitrogens is 4. The predicted molar refractivity (Wildman–Crippen MR) is 129 cm³/mol. The van der Waals surface area contributed by atoms with E-state index in [0.29, 0.717) is 45.8 Å². The number of imidazole rings is 1. The third-order valence-electron chi connectivity index (χ3n) is 6.17. The summed E-state index contributed by atoms with van der Waals surface area (Å²) in [5.74, 6) is -0.153. The zero-order valence-corrected chi connectivity index (χ0v) is 19.9. The minimum atomic E-state index is -0.858. The van der Waals surface area contributed by atoms with E-state index in [1.807, 2.05) is 0 Å². The molecule has 4 aromatic rings. The van der Waals surface area contributed by atoms with Crippen molar-refractivity contribution in [3.05, 3.63) is 65.0 Å². The Balaban J connectivity index is 1.58. The van der Waals surface area contributed by atoms with E-state index in [-0.39, 0.29) is 31.2 Å². The number of hydrogen-bond donors (Lipinski definition) is 3. The molecule has 1 aliphatic heterocycles. The molecule has 9 nitrogen and oxygen atoms in total. The van der Waals surface area contributed by atoms with Crippen LogP contribution in [0.25, 0.3) is 17.2 Å². The highest BCUT2D eigenvalue weighted by Crippen LogP contribution is 2.42. The van der Waals surface area contributed by atoms with Gasteiger partial charge in [0.15, 0.2) is 17.2 Å². The zero-order valence-electron chi connectivity index (χ0n) is 19.9. The van der Waals surface area contributed by atoms with Crippen LogP contribution < -0.4 is 15.4 Å². The van der Waals surface area contributed by atoms with Crippen LogP contribution in [0.1, 0.15) is 30.7 Å². The topological polar surface area (TPSA) is 114 Å². The number of ether oxygens (including phenoxy) is 1. The first kappa shape index (κ1) is 23.6. The monoisotopic (exact) mass is 494 g/mol. The average molecular weight is 495 g/mol. The number of carbonyl (C=O) groups excluding carboxylic acids is 1. The Labute approximate surface area is 205 Å². The number of halogens is 2. The van der Waals surface area contributed by atoms with Crippen molar-refractivity contribution < 1.29 is 23.4 Å². The lowest BCUT2D eigenvalue weighted by molar-refractivity contribution is -0.119. The van der Waals surface area contributed by atoms with Crippen LogP contribution in [0.2, 0.25) is 0 Å². The number of nitrogens with zero attached hydrogens (tertiary/aromatic N) is 4. The summed E-state index contributed by atoms with van der Waals surface area (Å²) in [6.07, 6.45) is 1.75. The predicted octanol–water partition coefficient (Wildman–Crippen LogP) is 3.59. The fourth-order valence-corrected chi connectivity index (χ4v) is 4.29. The molecule has 186 valence electrons. The number of rotatable bonds is 7. The molecule has 3 N–H and O–H groups in total. The number of nitrogens with one attached hydrogen (secondary N) is 2. The van der Waals surface area contributed by atoms with E-state index in [2.05, 4.69) is 25.6 Å². The molecule has 11 heteroatoms. The Hall–Kier alpha value is -4.12. The highest BCUT2D eigenvalue weighted by atomic mass is 19.1. The van der Waals surface area contributed by atoms with Crippen LogP contribution in [-0.2, 0) is 16.8 Å². The lowest BCUT2D eigenvalue weighted by Crippen LogP contribution is -2.28. The van der Waals surface area contributed by atoms with Crippen molar-refractivity contribution in [3.63, 3.8) is 0 Å². The maximum absolute atomic E-state index is 14.1. The molecule has 0 radical (unpaired) electrons. The third-order valence-corrected chi connectivity index (χ3v) is 6.17. The molecule has 1 aromatic carbocycles. The van der Waals surface area contributed by atoms with Gasteiger partial charge in [0.1, 0.15) is 35.6 Å². The van der Waals surface area contributed by atoms with Gasteiger partial charge in [-0.3, -0.25) is 9.20 Å². The van der Waals surface area contributed by atoms with Crippen molar-refractivity contribution in [1.82, 2.24) is 19.4 Å². The molecule has 0 spiro atoms. The number of amides is 1. The molecular formula is C25H24F2N6O3. The smallest absolute Gasteiger partial charge is 0.235 e. The van der Waals surface area contributed by atoms with Crippen LogP contribution in [0.3, 0.4) is 0 Å². The normalized spacial score (nSPS) is 14.1. The number of aliphatic hydroxyl groups excluding tert-OH is 1. The third kappa shape index (κ3) is 3.81. The summed E-state index contributed by atoms with van der Waals surface area (Å²) < 4.78 is 35.6. The van der Waals surface area contributed by atoms with Gasteiger partial charge in [0.05, 0.1) is 28.8 Å². The first-order valence-corrected chi connectivity index (χ1v) is 11.3. The lowest BCUT2D eigenvalue weighted by Gasteiger charge is -2.19. The molecule has 0 atom stereocenters.